The van der Waals surface area contributed by atoms with Gasteiger partial charge in [-0.15, -0.1) is 0 Å². The molecule has 2 aromatic carbocycles. The smallest absolute Gasteiger partial charge is 0.259 e. The van der Waals surface area contributed by atoms with Gasteiger partial charge in [-0.2, -0.15) is 0 Å². The molecule has 8 nitrogen and oxygen atoms in total. The van der Waals surface area contributed by atoms with E-state index in [4.69, 9.17) is 25.8 Å². The van der Waals surface area contributed by atoms with Crippen molar-refractivity contribution >= 4 is 39.9 Å². The van der Waals surface area contributed by atoms with Crippen molar-refractivity contribution in [3.8, 4) is 5.75 Å². The molecule has 0 aliphatic carbocycles. The summed E-state index contributed by atoms with van der Waals surface area (Å²) in [5, 5.41) is 3.75. The molecule has 1 N–H and O–H groups in total. The Labute approximate surface area is 213 Å². The van der Waals surface area contributed by atoms with Gasteiger partial charge in [0.1, 0.15) is 36.5 Å². The molecule has 0 bridgehead atoms. The van der Waals surface area contributed by atoms with Crippen molar-refractivity contribution in [3.05, 3.63) is 65.2 Å². The number of fused-ring (bicyclic) bond motifs is 1. The maximum absolute atomic E-state index is 13.7. The van der Waals surface area contributed by atoms with E-state index in [1.165, 1.54) is 18.5 Å². The predicted octanol–water partition coefficient (Wildman–Crippen LogP) is 5.10. The molecule has 0 saturated carbocycles. The van der Waals surface area contributed by atoms with E-state index in [1.54, 1.807) is 23.1 Å². The van der Waals surface area contributed by atoms with E-state index in [1.807, 2.05) is 0 Å². The van der Waals surface area contributed by atoms with Crippen LogP contribution in [0.3, 0.4) is 0 Å². The summed E-state index contributed by atoms with van der Waals surface area (Å²) in [6.07, 6.45) is 3.49. The van der Waals surface area contributed by atoms with Gasteiger partial charge in [0.2, 0.25) is 0 Å². The number of nitrogens with zero attached hydrogens (tertiary/aromatic N) is 3. The quantitative estimate of drug-likeness (QED) is 0.476. The van der Waals surface area contributed by atoms with Crippen LogP contribution in [0.25, 0.3) is 10.9 Å². The van der Waals surface area contributed by atoms with Crippen molar-refractivity contribution in [3.63, 3.8) is 0 Å². The lowest BCUT2D eigenvalue weighted by Gasteiger charge is -2.27. The molecule has 0 spiro atoms. The minimum atomic E-state index is -0.515. The topological polar surface area (TPSA) is 85.8 Å². The predicted molar refractivity (Wildman–Crippen MR) is 134 cm³/mol. The molecular weight excluding hydrogens is 487 g/mol. The van der Waals surface area contributed by atoms with E-state index < -0.39 is 5.82 Å². The molecule has 188 valence electrons. The minimum absolute atomic E-state index is 0.0117. The number of ether oxygens (including phenoxy) is 3. The van der Waals surface area contributed by atoms with Crippen molar-refractivity contribution in [1.29, 1.82) is 0 Å². The van der Waals surface area contributed by atoms with Gasteiger partial charge >= 0.3 is 0 Å². The number of halogens is 2. The summed E-state index contributed by atoms with van der Waals surface area (Å²) in [7, 11) is 0. The molecule has 36 heavy (non-hydrogen) atoms. The number of carbonyl (C=O) groups is 1. The van der Waals surface area contributed by atoms with Crippen LogP contribution in [-0.2, 0) is 9.47 Å². The van der Waals surface area contributed by atoms with Crippen LogP contribution in [0.4, 0.5) is 15.9 Å². The fourth-order valence-electron chi connectivity index (χ4n) is 4.15. The fourth-order valence-corrected chi connectivity index (χ4v) is 4.33. The Hall–Kier alpha value is -3.27. The third kappa shape index (κ3) is 5.43. The van der Waals surface area contributed by atoms with Crippen molar-refractivity contribution in [2.75, 3.05) is 38.4 Å². The standard InChI is InChI=1S/C26H26ClFN4O4/c1-16-4-7-32(15-35-8-5-16)26(33)20-11-19-23(12-24(20)36-18-6-9-34-13-18)29-14-30-25(19)31-17-2-3-22(28)21(27)10-17/h2-3,10-12,14,18H,1,4-9,13,15H2,(H,29,30,31)/t18-/m0/s1. The van der Waals surface area contributed by atoms with Crippen LogP contribution in [0.2, 0.25) is 5.02 Å². The van der Waals surface area contributed by atoms with Gasteiger partial charge in [-0.1, -0.05) is 23.8 Å². The van der Waals surface area contributed by atoms with Crippen molar-refractivity contribution in [2.24, 2.45) is 0 Å². The number of hydrogen-bond acceptors (Lipinski definition) is 7. The highest BCUT2D eigenvalue weighted by Gasteiger charge is 2.26. The zero-order chi connectivity index (χ0) is 25.1. The Kier molecular flexibility index (Phi) is 7.31. The van der Waals surface area contributed by atoms with E-state index in [2.05, 4.69) is 21.9 Å². The number of aromatic nitrogens is 2. The van der Waals surface area contributed by atoms with Gasteiger partial charge in [0.25, 0.3) is 5.91 Å². The second-order valence-electron chi connectivity index (χ2n) is 8.80. The Morgan fingerprint density at radius 3 is 2.89 bits per heavy atom. The van der Waals surface area contributed by atoms with E-state index in [0.717, 1.165) is 18.4 Å². The zero-order valence-corrected chi connectivity index (χ0v) is 20.4. The first-order valence-corrected chi connectivity index (χ1v) is 12.1. The lowest BCUT2D eigenvalue weighted by molar-refractivity contribution is 0.0202. The lowest BCUT2D eigenvalue weighted by atomic mass is 10.1. The van der Waals surface area contributed by atoms with Gasteiger partial charge in [-0.25, -0.2) is 14.4 Å². The van der Waals surface area contributed by atoms with Crippen LogP contribution in [0.1, 0.15) is 29.6 Å². The van der Waals surface area contributed by atoms with Gasteiger partial charge in [0.15, 0.2) is 0 Å². The SMILES string of the molecule is C=C1CCOCN(C(=O)c2cc3c(Nc4ccc(F)c(Cl)c4)ncnc3cc2O[C@H]2CCOC2)CC1. The molecule has 3 aromatic rings. The summed E-state index contributed by atoms with van der Waals surface area (Å²) in [5.41, 5.74) is 2.56. The number of hydrogen-bond donors (Lipinski definition) is 1. The van der Waals surface area contributed by atoms with E-state index in [-0.39, 0.29) is 23.8 Å². The number of amides is 1. The van der Waals surface area contributed by atoms with E-state index in [0.29, 0.717) is 66.5 Å². The molecule has 0 unspecified atom stereocenters. The first-order chi connectivity index (χ1) is 17.5. The fraction of sp³-hybridized carbons (Fsp3) is 0.346. The summed E-state index contributed by atoms with van der Waals surface area (Å²) in [5.74, 6) is 0.141. The molecule has 3 heterocycles. The molecule has 2 aliphatic heterocycles. The molecule has 2 aliphatic rings. The number of rotatable bonds is 5. The summed E-state index contributed by atoms with van der Waals surface area (Å²) in [6, 6.07) is 7.77. The molecule has 5 rings (SSSR count). The van der Waals surface area contributed by atoms with Gasteiger partial charge in [-0.05, 0) is 37.1 Å². The minimum Gasteiger partial charge on any atom is -0.487 e. The van der Waals surface area contributed by atoms with Crippen molar-refractivity contribution < 1.29 is 23.4 Å². The average Bonchev–Trinajstić information content (AvgIpc) is 3.37. The number of carbonyl (C=O) groups excluding carboxylic acids is 1. The molecule has 10 heteroatoms. The molecule has 2 fully saturated rings. The lowest BCUT2D eigenvalue weighted by Crippen LogP contribution is -2.36. The third-order valence-corrected chi connectivity index (χ3v) is 6.49. The Balaban J connectivity index is 1.54. The second kappa shape index (κ2) is 10.8. The van der Waals surface area contributed by atoms with Crippen LogP contribution in [0, 0.1) is 5.82 Å². The van der Waals surface area contributed by atoms with Crippen LogP contribution >= 0.6 is 11.6 Å². The molecule has 1 atom stereocenters. The van der Waals surface area contributed by atoms with Gasteiger partial charge in [-0.3, -0.25) is 4.79 Å². The van der Waals surface area contributed by atoms with E-state index >= 15 is 0 Å². The normalized spacial score (nSPS) is 18.7. The first kappa shape index (κ1) is 24.4. The average molecular weight is 513 g/mol. The Morgan fingerprint density at radius 1 is 1.19 bits per heavy atom. The number of benzene rings is 2. The van der Waals surface area contributed by atoms with Gasteiger partial charge in [0, 0.05) is 30.1 Å². The molecule has 1 aromatic heterocycles. The third-order valence-electron chi connectivity index (χ3n) is 6.20. The Morgan fingerprint density at radius 2 is 2.08 bits per heavy atom. The first-order valence-electron chi connectivity index (χ1n) is 11.8. The van der Waals surface area contributed by atoms with Crippen LogP contribution in [0.15, 0.2) is 48.8 Å². The van der Waals surface area contributed by atoms with E-state index in [9.17, 15) is 9.18 Å². The van der Waals surface area contributed by atoms with Gasteiger partial charge < -0.3 is 24.4 Å². The number of nitrogens with one attached hydrogen (secondary N) is 1. The molecule has 1 amide bonds. The van der Waals surface area contributed by atoms with Crippen molar-refractivity contribution in [2.45, 2.75) is 25.4 Å². The molecular formula is C26H26ClFN4O4. The number of anilines is 2. The zero-order valence-electron chi connectivity index (χ0n) is 19.6. The summed E-state index contributed by atoms with van der Waals surface area (Å²) in [6.45, 7) is 6.32. The van der Waals surface area contributed by atoms with Crippen molar-refractivity contribution in [1.82, 2.24) is 14.9 Å². The molecule has 0 radical (unpaired) electrons. The molecule has 2 saturated heterocycles. The monoisotopic (exact) mass is 512 g/mol. The van der Waals surface area contributed by atoms with Crippen LogP contribution in [0.5, 0.6) is 5.75 Å². The maximum Gasteiger partial charge on any atom is 0.259 e. The van der Waals surface area contributed by atoms with Crippen LogP contribution < -0.4 is 10.1 Å². The summed E-state index contributed by atoms with van der Waals surface area (Å²) in [4.78, 5) is 24.1. The maximum atomic E-state index is 13.7. The highest BCUT2D eigenvalue weighted by atomic mass is 35.5. The summed E-state index contributed by atoms with van der Waals surface area (Å²) < 4.78 is 31.0. The van der Waals surface area contributed by atoms with Gasteiger partial charge in [0.05, 0.1) is 35.9 Å². The summed E-state index contributed by atoms with van der Waals surface area (Å²) >= 11 is 5.95. The highest BCUT2D eigenvalue weighted by Crippen LogP contribution is 2.33. The highest BCUT2D eigenvalue weighted by molar-refractivity contribution is 6.31. The largest absolute Gasteiger partial charge is 0.487 e. The second-order valence-corrected chi connectivity index (χ2v) is 9.21. The Bertz CT molecular complexity index is 1300. The van der Waals surface area contributed by atoms with Crippen LogP contribution in [-0.4, -0.2) is 60.0 Å².